The third-order valence-electron chi connectivity index (χ3n) is 5.20. The Labute approximate surface area is 175 Å². The van der Waals surface area contributed by atoms with Gasteiger partial charge in [-0.2, -0.15) is 0 Å². The van der Waals surface area contributed by atoms with E-state index in [1.807, 2.05) is 60.7 Å². The van der Waals surface area contributed by atoms with E-state index >= 15 is 0 Å². The number of rotatable bonds is 6. The molecule has 0 radical (unpaired) electrons. The molecule has 0 bridgehead atoms. The van der Waals surface area contributed by atoms with Crippen LogP contribution in [-0.4, -0.2) is 11.1 Å². The van der Waals surface area contributed by atoms with E-state index in [0.29, 0.717) is 17.2 Å². The molecular formula is C25H21ClO3. The van der Waals surface area contributed by atoms with E-state index in [2.05, 4.69) is 0 Å². The monoisotopic (exact) mass is 404 g/mol. The van der Waals surface area contributed by atoms with Crippen molar-refractivity contribution in [2.24, 2.45) is 0 Å². The first-order valence-electron chi connectivity index (χ1n) is 9.65. The largest absolute Gasteiger partial charge is 0.488 e. The topological polar surface area (TPSA) is 46.5 Å². The highest BCUT2D eigenvalue weighted by Crippen LogP contribution is 2.44. The number of hydrogen-bond acceptors (Lipinski definition) is 2. The molecule has 0 fully saturated rings. The highest BCUT2D eigenvalue weighted by Gasteiger charge is 2.24. The molecule has 29 heavy (non-hydrogen) atoms. The summed E-state index contributed by atoms with van der Waals surface area (Å²) < 4.78 is 6.14. The van der Waals surface area contributed by atoms with Crippen LogP contribution in [0.5, 0.6) is 5.75 Å². The Bertz CT molecular complexity index is 1070. The predicted molar refractivity (Wildman–Crippen MR) is 116 cm³/mol. The van der Waals surface area contributed by atoms with Gasteiger partial charge in [0, 0.05) is 10.6 Å². The lowest BCUT2D eigenvalue weighted by molar-refractivity contribution is 0.0696. The minimum atomic E-state index is -0.911. The highest BCUT2D eigenvalue weighted by atomic mass is 35.5. The number of carbonyl (C=O) groups is 1. The van der Waals surface area contributed by atoms with Crippen LogP contribution in [0.25, 0.3) is 11.1 Å². The molecule has 4 heteroatoms. The maximum Gasteiger partial charge on any atom is 0.336 e. The molecule has 3 aromatic rings. The Balaban J connectivity index is 1.76. The number of carboxylic acid groups (broad SMARTS) is 1. The molecule has 0 aromatic heterocycles. The SMILES string of the molecule is O=C(O)c1ccccc1C1=C(c2cc(Cl)ccc2OCc2ccccc2)CCC1. The fourth-order valence-corrected chi connectivity index (χ4v) is 4.04. The van der Waals surface area contributed by atoms with Gasteiger partial charge < -0.3 is 9.84 Å². The minimum absolute atomic E-state index is 0.329. The van der Waals surface area contributed by atoms with Crippen LogP contribution < -0.4 is 4.74 Å². The number of halogens is 1. The van der Waals surface area contributed by atoms with E-state index < -0.39 is 5.97 Å². The minimum Gasteiger partial charge on any atom is -0.488 e. The van der Waals surface area contributed by atoms with Gasteiger partial charge in [0.2, 0.25) is 0 Å². The Morgan fingerprint density at radius 3 is 2.34 bits per heavy atom. The number of hydrogen-bond donors (Lipinski definition) is 1. The molecule has 3 nitrogen and oxygen atoms in total. The van der Waals surface area contributed by atoms with Gasteiger partial charge in [0.1, 0.15) is 12.4 Å². The van der Waals surface area contributed by atoms with E-state index in [1.165, 1.54) is 0 Å². The van der Waals surface area contributed by atoms with E-state index in [-0.39, 0.29) is 0 Å². The van der Waals surface area contributed by atoms with Gasteiger partial charge in [-0.3, -0.25) is 0 Å². The van der Waals surface area contributed by atoms with Gasteiger partial charge in [-0.25, -0.2) is 4.79 Å². The summed E-state index contributed by atoms with van der Waals surface area (Å²) in [7, 11) is 0. The third kappa shape index (κ3) is 4.20. The first-order valence-corrected chi connectivity index (χ1v) is 10.0. The van der Waals surface area contributed by atoms with Crippen molar-refractivity contribution in [2.45, 2.75) is 25.9 Å². The zero-order chi connectivity index (χ0) is 20.2. The number of aromatic carboxylic acids is 1. The van der Waals surface area contributed by atoms with Gasteiger partial charge in [0.05, 0.1) is 5.56 Å². The molecule has 0 saturated heterocycles. The summed E-state index contributed by atoms with van der Waals surface area (Å²) in [4.78, 5) is 11.7. The number of allylic oxidation sites excluding steroid dienone is 2. The lowest BCUT2D eigenvalue weighted by Gasteiger charge is -2.16. The van der Waals surface area contributed by atoms with Crippen molar-refractivity contribution >= 4 is 28.7 Å². The number of benzene rings is 3. The van der Waals surface area contributed by atoms with Crippen molar-refractivity contribution in [1.82, 2.24) is 0 Å². The molecule has 4 rings (SSSR count). The van der Waals surface area contributed by atoms with Crippen LogP contribution in [0, 0.1) is 0 Å². The van der Waals surface area contributed by atoms with Gasteiger partial charge >= 0.3 is 5.97 Å². The fraction of sp³-hybridized carbons (Fsp3) is 0.160. The van der Waals surface area contributed by atoms with Crippen molar-refractivity contribution in [1.29, 1.82) is 0 Å². The lowest BCUT2D eigenvalue weighted by Crippen LogP contribution is -2.02. The summed E-state index contributed by atoms with van der Waals surface area (Å²) >= 11 is 6.32. The summed E-state index contributed by atoms with van der Waals surface area (Å²) in [6.07, 6.45) is 2.68. The first-order chi connectivity index (χ1) is 14.1. The molecule has 0 unspecified atom stereocenters. The predicted octanol–water partition coefficient (Wildman–Crippen LogP) is 6.71. The molecular weight excluding hydrogens is 384 g/mol. The smallest absolute Gasteiger partial charge is 0.336 e. The van der Waals surface area contributed by atoms with E-state index in [0.717, 1.165) is 52.8 Å². The summed E-state index contributed by atoms with van der Waals surface area (Å²) in [5, 5.41) is 10.3. The standard InChI is InChI=1S/C25H21ClO3/c26-18-13-14-24(29-16-17-7-2-1-3-8-17)23(15-18)21-12-6-11-19(21)20-9-4-5-10-22(20)25(27)28/h1-5,7-10,13-15H,6,11-12,16H2,(H,27,28). The fourth-order valence-electron chi connectivity index (χ4n) is 3.87. The van der Waals surface area contributed by atoms with Crippen LogP contribution in [-0.2, 0) is 6.61 Å². The van der Waals surface area contributed by atoms with Crippen molar-refractivity contribution in [3.05, 3.63) is 100 Å². The molecule has 0 spiro atoms. The maximum atomic E-state index is 11.7. The molecule has 0 aliphatic heterocycles. The van der Waals surface area contributed by atoms with Gasteiger partial charge in [-0.1, -0.05) is 60.1 Å². The van der Waals surface area contributed by atoms with Crippen LogP contribution in [0.3, 0.4) is 0 Å². The van der Waals surface area contributed by atoms with Crippen LogP contribution in [0.4, 0.5) is 0 Å². The molecule has 3 aromatic carbocycles. The average molecular weight is 405 g/mol. The molecule has 146 valence electrons. The van der Waals surface area contributed by atoms with Gasteiger partial charge in [-0.15, -0.1) is 0 Å². The van der Waals surface area contributed by atoms with E-state index in [1.54, 1.807) is 12.1 Å². The van der Waals surface area contributed by atoms with Crippen molar-refractivity contribution in [3.63, 3.8) is 0 Å². The van der Waals surface area contributed by atoms with E-state index in [9.17, 15) is 9.90 Å². The molecule has 0 saturated carbocycles. The van der Waals surface area contributed by atoms with Gasteiger partial charge in [0.15, 0.2) is 0 Å². The quantitative estimate of drug-likeness (QED) is 0.496. The summed E-state index contributed by atoms with van der Waals surface area (Å²) in [6, 6.07) is 22.8. The Morgan fingerprint density at radius 2 is 1.59 bits per heavy atom. The molecule has 0 heterocycles. The second-order valence-corrected chi connectivity index (χ2v) is 7.51. The Morgan fingerprint density at radius 1 is 0.897 bits per heavy atom. The lowest BCUT2D eigenvalue weighted by atomic mass is 9.93. The molecule has 1 aliphatic carbocycles. The van der Waals surface area contributed by atoms with Crippen LogP contribution in [0.2, 0.25) is 5.02 Å². The van der Waals surface area contributed by atoms with Crippen LogP contribution in [0.1, 0.15) is 46.3 Å². The molecule has 1 aliphatic rings. The highest BCUT2D eigenvalue weighted by molar-refractivity contribution is 6.30. The second-order valence-electron chi connectivity index (χ2n) is 7.08. The second kappa shape index (κ2) is 8.54. The van der Waals surface area contributed by atoms with Crippen LogP contribution >= 0.6 is 11.6 Å². The molecule has 0 amide bonds. The van der Waals surface area contributed by atoms with Gasteiger partial charge in [-0.05, 0) is 65.8 Å². The normalized spacial score (nSPS) is 13.6. The number of ether oxygens (including phenoxy) is 1. The van der Waals surface area contributed by atoms with Crippen molar-refractivity contribution in [2.75, 3.05) is 0 Å². The van der Waals surface area contributed by atoms with Crippen molar-refractivity contribution in [3.8, 4) is 5.75 Å². The van der Waals surface area contributed by atoms with Crippen molar-refractivity contribution < 1.29 is 14.6 Å². The first kappa shape index (κ1) is 19.3. The third-order valence-corrected chi connectivity index (χ3v) is 5.44. The zero-order valence-electron chi connectivity index (χ0n) is 15.9. The molecule has 1 N–H and O–H groups in total. The van der Waals surface area contributed by atoms with E-state index in [4.69, 9.17) is 16.3 Å². The Hall–Kier alpha value is -3.04. The summed E-state index contributed by atoms with van der Waals surface area (Å²) in [5.74, 6) is -0.147. The maximum absolute atomic E-state index is 11.7. The average Bonchev–Trinajstić information content (AvgIpc) is 3.23. The zero-order valence-corrected chi connectivity index (χ0v) is 16.7. The Kier molecular flexibility index (Phi) is 5.68. The van der Waals surface area contributed by atoms with Crippen LogP contribution in [0.15, 0.2) is 72.8 Å². The summed E-state index contributed by atoms with van der Waals surface area (Å²) in [5.41, 5.74) is 5.32. The number of carboxylic acids is 1. The molecule has 0 atom stereocenters. The van der Waals surface area contributed by atoms with Gasteiger partial charge in [0.25, 0.3) is 0 Å². The summed E-state index contributed by atoms with van der Waals surface area (Å²) in [6.45, 7) is 0.462.